The molecule has 1 aliphatic rings. The Kier molecular flexibility index (Phi) is 4.00. The van der Waals surface area contributed by atoms with Gasteiger partial charge < -0.3 is 4.52 Å². The van der Waals surface area contributed by atoms with Gasteiger partial charge in [-0.05, 0) is 24.3 Å². The van der Waals surface area contributed by atoms with Crippen LogP contribution in [0, 0.1) is 11.6 Å². The van der Waals surface area contributed by atoms with E-state index in [1.165, 1.54) is 0 Å². The van der Waals surface area contributed by atoms with E-state index in [0.29, 0.717) is 17.6 Å². The molecule has 0 unspecified atom stereocenters. The summed E-state index contributed by atoms with van der Waals surface area (Å²) < 4.78 is 57.9. The van der Waals surface area contributed by atoms with Crippen molar-refractivity contribution < 1.29 is 21.7 Å². The van der Waals surface area contributed by atoms with E-state index in [2.05, 4.69) is 15.1 Å². The predicted octanol–water partition coefficient (Wildman–Crippen LogP) is 2.20. The Morgan fingerprint density at radius 1 is 1.15 bits per heavy atom. The van der Waals surface area contributed by atoms with Gasteiger partial charge in [0.25, 0.3) is 0 Å². The summed E-state index contributed by atoms with van der Waals surface area (Å²) in [5.74, 6) is -1.65. The van der Waals surface area contributed by atoms with Gasteiger partial charge in [-0.1, -0.05) is 11.2 Å². The summed E-state index contributed by atoms with van der Waals surface area (Å²) in [4.78, 5) is 7.79. The SMILES string of the molecule is O=S(=O)(c1ccc(F)cc1F)N1CC(c2nc(-c3ccccn3)no2)C1. The number of hydrogen-bond acceptors (Lipinski definition) is 6. The molecule has 2 aromatic heterocycles. The van der Waals surface area contributed by atoms with Crippen molar-refractivity contribution in [2.75, 3.05) is 13.1 Å². The summed E-state index contributed by atoms with van der Waals surface area (Å²) in [6.45, 7) is 0.145. The zero-order chi connectivity index (χ0) is 18.3. The molecule has 10 heteroatoms. The molecule has 1 fully saturated rings. The number of benzene rings is 1. The van der Waals surface area contributed by atoms with E-state index >= 15 is 0 Å². The van der Waals surface area contributed by atoms with Gasteiger partial charge in [0.1, 0.15) is 22.2 Å². The monoisotopic (exact) mass is 378 g/mol. The summed E-state index contributed by atoms with van der Waals surface area (Å²) in [5.41, 5.74) is 0.541. The van der Waals surface area contributed by atoms with Crippen LogP contribution in [0.1, 0.15) is 11.8 Å². The fraction of sp³-hybridized carbons (Fsp3) is 0.188. The molecule has 3 heterocycles. The highest BCUT2D eigenvalue weighted by Gasteiger charge is 2.41. The van der Waals surface area contributed by atoms with E-state index in [4.69, 9.17) is 4.52 Å². The number of hydrogen-bond donors (Lipinski definition) is 0. The third-order valence-electron chi connectivity index (χ3n) is 4.04. The van der Waals surface area contributed by atoms with Crippen LogP contribution < -0.4 is 0 Å². The van der Waals surface area contributed by atoms with Crippen LogP contribution in [0.2, 0.25) is 0 Å². The van der Waals surface area contributed by atoms with Gasteiger partial charge in [0.05, 0.1) is 5.92 Å². The maximum absolute atomic E-state index is 13.8. The summed E-state index contributed by atoms with van der Waals surface area (Å²) >= 11 is 0. The van der Waals surface area contributed by atoms with Gasteiger partial charge in [0, 0.05) is 25.4 Å². The third kappa shape index (κ3) is 2.86. The maximum atomic E-state index is 13.8. The van der Waals surface area contributed by atoms with Crippen LogP contribution >= 0.6 is 0 Å². The first-order chi connectivity index (χ1) is 12.4. The molecule has 26 heavy (non-hydrogen) atoms. The van der Waals surface area contributed by atoms with Crippen molar-refractivity contribution in [3.63, 3.8) is 0 Å². The second-order valence-electron chi connectivity index (χ2n) is 5.76. The van der Waals surface area contributed by atoms with Crippen LogP contribution in [0.4, 0.5) is 8.78 Å². The van der Waals surface area contributed by atoms with Crippen LogP contribution in [-0.4, -0.2) is 40.9 Å². The van der Waals surface area contributed by atoms with Gasteiger partial charge in [0.15, 0.2) is 0 Å². The Bertz CT molecular complexity index is 1050. The number of aromatic nitrogens is 3. The number of sulfonamides is 1. The Balaban J connectivity index is 1.49. The third-order valence-corrected chi connectivity index (χ3v) is 5.91. The van der Waals surface area contributed by atoms with E-state index in [9.17, 15) is 17.2 Å². The number of pyridine rings is 1. The molecule has 4 rings (SSSR count). The lowest BCUT2D eigenvalue weighted by Gasteiger charge is -2.35. The van der Waals surface area contributed by atoms with Crippen LogP contribution in [0.3, 0.4) is 0 Å². The van der Waals surface area contributed by atoms with Crippen LogP contribution in [0.15, 0.2) is 52.0 Å². The molecule has 1 saturated heterocycles. The molecular formula is C16H12F2N4O3S. The van der Waals surface area contributed by atoms with Crippen molar-refractivity contribution >= 4 is 10.0 Å². The zero-order valence-electron chi connectivity index (χ0n) is 13.2. The number of halogens is 2. The Morgan fingerprint density at radius 3 is 2.65 bits per heavy atom. The molecule has 1 aliphatic heterocycles. The molecule has 1 aromatic carbocycles. The molecule has 0 aliphatic carbocycles. The largest absolute Gasteiger partial charge is 0.339 e. The van der Waals surface area contributed by atoms with Crippen LogP contribution in [0.25, 0.3) is 11.5 Å². The smallest absolute Gasteiger partial charge is 0.246 e. The average Bonchev–Trinajstić information content (AvgIpc) is 3.03. The van der Waals surface area contributed by atoms with E-state index in [-0.39, 0.29) is 24.9 Å². The highest BCUT2D eigenvalue weighted by Crippen LogP contribution is 2.32. The minimum atomic E-state index is -4.05. The van der Waals surface area contributed by atoms with Crippen molar-refractivity contribution in [1.29, 1.82) is 0 Å². The molecule has 7 nitrogen and oxygen atoms in total. The second kappa shape index (κ2) is 6.22. The minimum Gasteiger partial charge on any atom is -0.339 e. The highest BCUT2D eigenvalue weighted by atomic mass is 32.2. The van der Waals surface area contributed by atoms with Crippen LogP contribution in [0.5, 0.6) is 0 Å². The predicted molar refractivity (Wildman–Crippen MR) is 85.4 cm³/mol. The average molecular weight is 378 g/mol. The summed E-state index contributed by atoms with van der Waals surface area (Å²) in [6.07, 6.45) is 1.60. The molecular weight excluding hydrogens is 366 g/mol. The van der Waals surface area contributed by atoms with Gasteiger partial charge in [-0.2, -0.15) is 9.29 Å². The Morgan fingerprint density at radius 2 is 1.96 bits per heavy atom. The molecule has 3 aromatic rings. The maximum Gasteiger partial charge on any atom is 0.246 e. The molecule has 134 valence electrons. The topological polar surface area (TPSA) is 89.2 Å². The van der Waals surface area contributed by atoms with Gasteiger partial charge in [-0.25, -0.2) is 17.2 Å². The first-order valence-corrected chi connectivity index (χ1v) is 9.09. The van der Waals surface area contributed by atoms with Gasteiger partial charge >= 0.3 is 0 Å². The molecule has 0 bridgehead atoms. The van der Waals surface area contributed by atoms with E-state index in [1.54, 1.807) is 24.4 Å². The molecule has 0 spiro atoms. The molecule has 0 N–H and O–H groups in total. The summed E-state index contributed by atoms with van der Waals surface area (Å²) in [6, 6.07) is 7.63. The lowest BCUT2D eigenvalue weighted by molar-refractivity contribution is 0.216. The van der Waals surface area contributed by atoms with Crippen molar-refractivity contribution in [1.82, 2.24) is 19.4 Å². The standard InChI is InChI=1S/C16H12F2N4O3S/c17-11-4-5-14(12(18)7-11)26(23,24)22-8-10(9-22)16-20-15(21-25-16)13-3-1-2-6-19-13/h1-7,10H,8-9H2. The Labute approximate surface area is 147 Å². The van der Waals surface area contributed by atoms with Crippen molar-refractivity contribution in [2.45, 2.75) is 10.8 Å². The first kappa shape index (κ1) is 16.7. The van der Waals surface area contributed by atoms with Crippen molar-refractivity contribution in [3.05, 3.63) is 60.1 Å². The lowest BCUT2D eigenvalue weighted by atomic mass is 10.0. The first-order valence-electron chi connectivity index (χ1n) is 7.65. The van der Waals surface area contributed by atoms with Crippen LogP contribution in [-0.2, 0) is 10.0 Å². The Hall–Kier alpha value is -2.72. The fourth-order valence-corrected chi connectivity index (χ4v) is 4.19. The zero-order valence-corrected chi connectivity index (χ0v) is 14.0. The normalized spacial score (nSPS) is 15.8. The quantitative estimate of drug-likeness (QED) is 0.691. The number of nitrogens with zero attached hydrogens (tertiary/aromatic N) is 4. The molecule has 0 amide bonds. The lowest BCUT2D eigenvalue weighted by Crippen LogP contribution is -2.48. The molecule has 0 radical (unpaired) electrons. The highest BCUT2D eigenvalue weighted by molar-refractivity contribution is 7.89. The second-order valence-corrected chi connectivity index (χ2v) is 7.67. The van der Waals surface area contributed by atoms with E-state index < -0.39 is 26.6 Å². The molecule has 0 saturated carbocycles. The van der Waals surface area contributed by atoms with Gasteiger partial charge in [-0.3, -0.25) is 4.98 Å². The summed E-state index contributed by atoms with van der Waals surface area (Å²) in [5, 5.41) is 3.84. The van der Waals surface area contributed by atoms with Gasteiger partial charge in [-0.15, -0.1) is 0 Å². The fourth-order valence-electron chi connectivity index (χ4n) is 2.61. The number of rotatable bonds is 4. The van der Waals surface area contributed by atoms with E-state index in [0.717, 1.165) is 16.4 Å². The van der Waals surface area contributed by atoms with Crippen molar-refractivity contribution in [3.8, 4) is 11.5 Å². The summed E-state index contributed by atoms with van der Waals surface area (Å²) in [7, 11) is -4.05. The van der Waals surface area contributed by atoms with Crippen molar-refractivity contribution in [2.24, 2.45) is 0 Å². The van der Waals surface area contributed by atoms with E-state index in [1.807, 2.05) is 0 Å². The molecule has 0 atom stereocenters. The minimum absolute atomic E-state index is 0.0724. The van der Waals surface area contributed by atoms with Gasteiger partial charge in [0.2, 0.25) is 21.7 Å².